The van der Waals surface area contributed by atoms with Crippen LogP contribution < -0.4 is 5.32 Å². The number of aromatic nitrogens is 1. The topological polar surface area (TPSA) is 62.2 Å². The molecule has 0 aromatic carbocycles. The Labute approximate surface area is 101 Å². The summed E-state index contributed by atoms with van der Waals surface area (Å²) < 4.78 is 0. The van der Waals surface area contributed by atoms with Gasteiger partial charge in [-0.3, -0.25) is 0 Å². The van der Waals surface area contributed by atoms with Crippen molar-refractivity contribution in [2.75, 3.05) is 12.3 Å². The highest BCUT2D eigenvalue weighted by Crippen LogP contribution is 2.16. The Morgan fingerprint density at radius 3 is 3.13 bits per heavy atom. The first-order valence-electron chi connectivity index (χ1n) is 4.26. The van der Waals surface area contributed by atoms with Gasteiger partial charge in [-0.15, -0.1) is 22.9 Å². The van der Waals surface area contributed by atoms with E-state index in [4.69, 9.17) is 16.7 Å². The maximum absolute atomic E-state index is 10.1. The number of alkyl halides is 1. The third-order valence-electron chi connectivity index (χ3n) is 1.49. The quantitative estimate of drug-likeness (QED) is 0.613. The molecule has 0 unspecified atom stereocenters. The molecule has 1 heterocycles. The van der Waals surface area contributed by atoms with Crippen molar-refractivity contribution < 1.29 is 9.90 Å². The van der Waals surface area contributed by atoms with Crippen LogP contribution >= 0.6 is 34.7 Å². The van der Waals surface area contributed by atoms with E-state index in [0.717, 1.165) is 22.2 Å². The molecular formula is C8H11ClN2O2S2. The largest absolute Gasteiger partial charge is 0.465 e. The summed E-state index contributed by atoms with van der Waals surface area (Å²) in [5.74, 6) is 2.00. The molecule has 0 spiro atoms. The molecular weight excluding hydrogens is 256 g/mol. The van der Waals surface area contributed by atoms with Crippen LogP contribution in [0.3, 0.4) is 0 Å². The fraction of sp³-hybridized carbons (Fsp3) is 0.500. The number of amides is 1. The van der Waals surface area contributed by atoms with Crippen molar-refractivity contribution in [3.63, 3.8) is 0 Å². The summed E-state index contributed by atoms with van der Waals surface area (Å²) in [6.45, 7) is 0.465. The van der Waals surface area contributed by atoms with E-state index < -0.39 is 6.09 Å². The smallest absolute Gasteiger partial charge is 0.404 e. The lowest BCUT2D eigenvalue weighted by molar-refractivity contribution is 0.195. The average Bonchev–Trinajstić information content (AvgIpc) is 2.65. The van der Waals surface area contributed by atoms with Crippen LogP contribution in [-0.2, 0) is 11.6 Å². The molecule has 0 saturated heterocycles. The summed E-state index contributed by atoms with van der Waals surface area (Å²) in [6, 6.07) is 0. The monoisotopic (exact) mass is 266 g/mol. The van der Waals surface area contributed by atoms with Gasteiger partial charge in [0.1, 0.15) is 5.01 Å². The van der Waals surface area contributed by atoms with E-state index in [1.54, 1.807) is 23.1 Å². The number of nitrogens with one attached hydrogen (secondary N) is 1. The molecule has 0 aliphatic rings. The Hall–Kier alpha value is -0.460. The van der Waals surface area contributed by atoms with Crippen LogP contribution in [-0.4, -0.2) is 28.5 Å². The van der Waals surface area contributed by atoms with Gasteiger partial charge < -0.3 is 10.4 Å². The number of carbonyl (C=O) groups is 1. The van der Waals surface area contributed by atoms with Gasteiger partial charge in [-0.05, 0) is 0 Å². The minimum absolute atomic E-state index is 0.454. The Kier molecular flexibility index (Phi) is 5.82. The zero-order valence-electron chi connectivity index (χ0n) is 7.90. The van der Waals surface area contributed by atoms with E-state index in [0.29, 0.717) is 12.4 Å². The number of thiazole rings is 1. The van der Waals surface area contributed by atoms with Gasteiger partial charge >= 0.3 is 6.09 Å². The number of rotatable bonds is 6. The highest BCUT2D eigenvalue weighted by atomic mass is 35.5. The zero-order chi connectivity index (χ0) is 11.1. The van der Waals surface area contributed by atoms with Gasteiger partial charge in [0.25, 0.3) is 0 Å². The van der Waals surface area contributed by atoms with Crippen molar-refractivity contribution >= 4 is 40.8 Å². The molecule has 1 aromatic rings. The predicted molar refractivity (Wildman–Crippen MR) is 63.9 cm³/mol. The van der Waals surface area contributed by atoms with E-state index >= 15 is 0 Å². The van der Waals surface area contributed by atoms with Crippen LogP contribution in [0.2, 0.25) is 0 Å². The van der Waals surface area contributed by atoms with E-state index in [-0.39, 0.29) is 0 Å². The molecule has 15 heavy (non-hydrogen) atoms. The molecule has 4 nitrogen and oxygen atoms in total. The summed E-state index contributed by atoms with van der Waals surface area (Å²) in [5, 5.41) is 13.5. The fourth-order valence-electron chi connectivity index (χ4n) is 0.883. The molecule has 0 fully saturated rings. The standard InChI is InChI=1S/C8H11ClN2O2S2/c9-3-7-11-6(5-15-7)4-14-2-1-10-8(12)13/h5,10H,1-4H2,(H,12,13). The lowest BCUT2D eigenvalue weighted by Crippen LogP contribution is -2.23. The first-order valence-corrected chi connectivity index (χ1v) is 6.83. The SMILES string of the molecule is O=C(O)NCCSCc1csc(CCl)n1. The van der Waals surface area contributed by atoms with Gasteiger partial charge in [-0.25, -0.2) is 9.78 Å². The summed E-state index contributed by atoms with van der Waals surface area (Å²) in [7, 11) is 0. The summed E-state index contributed by atoms with van der Waals surface area (Å²) in [4.78, 5) is 14.4. The van der Waals surface area contributed by atoms with Crippen LogP contribution in [0.1, 0.15) is 10.7 Å². The molecule has 1 amide bonds. The van der Waals surface area contributed by atoms with Crippen molar-refractivity contribution in [3.8, 4) is 0 Å². The van der Waals surface area contributed by atoms with Gasteiger partial charge in [-0.2, -0.15) is 11.8 Å². The maximum atomic E-state index is 10.1. The van der Waals surface area contributed by atoms with E-state index in [2.05, 4.69) is 10.3 Å². The molecule has 1 rings (SSSR count). The second-order valence-electron chi connectivity index (χ2n) is 2.65. The Morgan fingerprint density at radius 2 is 2.53 bits per heavy atom. The highest BCUT2D eigenvalue weighted by molar-refractivity contribution is 7.98. The van der Waals surface area contributed by atoms with Crippen LogP contribution in [0.4, 0.5) is 4.79 Å². The minimum Gasteiger partial charge on any atom is -0.465 e. The highest BCUT2D eigenvalue weighted by Gasteiger charge is 2.01. The minimum atomic E-state index is -0.978. The zero-order valence-corrected chi connectivity index (χ0v) is 10.3. The Balaban J connectivity index is 2.12. The number of halogens is 1. The van der Waals surface area contributed by atoms with Gasteiger partial charge in [0.05, 0.1) is 11.6 Å². The summed E-state index contributed by atoms with van der Waals surface area (Å²) >= 11 is 8.82. The normalized spacial score (nSPS) is 10.2. The van der Waals surface area contributed by atoms with Gasteiger partial charge in [0, 0.05) is 23.4 Å². The second kappa shape index (κ2) is 6.92. The summed E-state index contributed by atoms with van der Waals surface area (Å²) in [6.07, 6.45) is -0.978. The third-order valence-corrected chi connectivity index (χ3v) is 3.79. The molecule has 7 heteroatoms. The van der Waals surface area contributed by atoms with Crippen LogP contribution in [0.25, 0.3) is 0 Å². The summed E-state index contributed by atoms with van der Waals surface area (Å²) in [5.41, 5.74) is 1.01. The van der Waals surface area contributed by atoms with Gasteiger partial charge in [0.2, 0.25) is 0 Å². The molecule has 0 aliphatic heterocycles. The van der Waals surface area contributed by atoms with Crippen molar-refractivity contribution in [1.29, 1.82) is 0 Å². The predicted octanol–water partition coefficient (Wildman–Crippen LogP) is 2.38. The molecule has 84 valence electrons. The lowest BCUT2D eigenvalue weighted by Gasteiger charge is -1.99. The molecule has 2 N–H and O–H groups in total. The van der Waals surface area contributed by atoms with Crippen LogP contribution in [0.5, 0.6) is 0 Å². The molecule has 0 aliphatic carbocycles. The van der Waals surface area contributed by atoms with Crippen LogP contribution in [0.15, 0.2) is 5.38 Å². The number of hydrogen-bond acceptors (Lipinski definition) is 4. The van der Waals surface area contributed by atoms with Crippen molar-refractivity contribution in [1.82, 2.24) is 10.3 Å². The van der Waals surface area contributed by atoms with Crippen LogP contribution in [0, 0.1) is 0 Å². The second-order valence-corrected chi connectivity index (χ2v) is 4.97. The molecule has 0 radical (unpaired) electrons. The van der Waals surface area contributed by atoms with Gasteiger partial charge in [-0.1, -0.05) is 0 Å². The van der Waals surface area contributed by atoms with Crippen molar-refractivity contribution in [2.45, 2.75) is 11.6 Å². The number of nitrogens with zero attached hydrogens (tertiary/aromatic N) is 1. The average molecular weight is 267 g/mol. The number of hydrogen-bond donors (Lipinski definition) is 2. The fourth-order valence-corrected chi connectivity index (χ4v) is 2.63. The maximum Gasteiger partial charge on any atom is 0.404 e. The van der Waals surface area contributed by atoms with Gasteiger partial charge in [0.15, 0.2) is 0 Å². The first-order chi connectivity index (χ1) is 7.22. The number of carboxylic acid groups (broad SMARTS) is 1. The third kappa shape index (κ3) is 5.25. The molecule has 0 atom stereocenters. The van der Waals surface area contributed by atoms with E-state index in [1.165, 1.54) is 0 Å². The van der Waals surface area contributed by atoms with E-state index in [1.807, 2.05) is 5.38 Å². The van der Waals surface area contributed by atoms with Crippen molar-refractivity contribution in [3.05, 3.63) is 16.1 Å². The Morgan fingerprint density at radius 1 is 1.73 bits per heavy atom. The number of thioether (sulfide) groups is 1. The first kappa shape index (κ1) is 12.6. The van der Waals surface area contributed by atoms with Crippen molar-refractivity contribution in [2.24, 2.45) is 0 Å². The lowest BCUT2D eigenvalue weighted by atomic mass is 10.6. The van der Waals surface area contributed by atoms with E-state index in [9.17, 15) is 4.79 Å². The molecule has 0 bridgehead atoms. The molecule has 0 saturated carbocycles. The molecule has 1 aromatic heterocycles. The Bertz CT molecular complexity index is 319.